The first kappa shape index (κ1) is 22.0. The minimum Gasteiger partial charge on any atom is -0.453 e. The Kier molecular flexibility index (Phi) is 6.69. The molecule has 0 saturated carbocycles. The highest BCUT2D eigenvalue weighted by molar-refractivity contribution is 5.91. The molecule has 4 nitrogen and oxygen atoms in total. The van der Waals surface area contributed by atoms with Crippen molar-refractivity contribution in [3.05, 3.63) is 95.6 Å². The monoisotopic (exact) mass is 430 g/mol. The summed E-state index contributed by atoms with van der Waals surface area (Å²) >= 11 is 0. The molecule has 0 aliphatic carbocycles. The first-order chi connectivity index (χ1) is 14.7. The fourth-order valence-electron chi connectivity index (χ4n) is 2.80. The zero-order chi connectivity index (χ0) is 22.4. The lowest BCUT2D eigenvalue weighted by Crippen LogP contribution is -2.25. The molecular formula is C23H18F4N2O2. The standard InChI is InChI=1S/C23H18F4N2O2/c1-29(15-17-5-2-3-7-19(17)23(25,26)27)22(30)11-9-16-8-10-21(20(24)13-16)31-18-6-4-12-28-14-18/h2-14H,15H2,1H3/b11-9+. The third kappa shape index (κ3) is 5.91. The van der Waals surface area contributed by atoms with Crippen LogP contribution in [0, 0.1) is 5.82 Å². The quantitative estimate of drug-likeness (QED) is 0.372. The lowest BCUT2D eigenvalue weighted by atomic mass is 10.1. The first-order valence-corrected chi connectivity index (χ1v) is 9.20. The number of nitrogens with zero attached hydrogens (tertiary/aromatic N) is 2. The van der Waals surface area contributed by atoms with Gasteiger partial charge >= 0.3 is 6.18 Å². The number of benzene rings is 2. The van der Waals surface area contributed by atoms with E-state index in [1.807, 2.05) is 0 Å². The summed E-state index contributed by atoms with van der Waals surface area (Å²) in [4.78, 5) is 17.3. The van der Waals surface area contributed by atoms with Crippen molar-refractivity contribution in [1.82, 2.24) is 9.88 Å². The summed E-state index contributed by atoms with van der Waals surface area (Å²) in [6.45, 7) is -0.217. The minimum atomic E-state index is -4.51. The SMILES string of the molecule is CN(Cc1ccccc1C(F)(F)F)C(=O)/C=C/c1ccc(Oc2cccnc2)c(F)c1. The van der Waals surface area contributed by atoms with Gasteiger partial charge in [0.1, 0.15) is 5.75 Å². The van der Waals surface area contributed by atoms with Crippen LogP contribution in [0.4, 0.5) is 17.6 Å². The summed E-state index contributed by atoms with van der Waals surface area (Å²) in [6, 6.07) is 12.5. The lowest BCUT2D eigenvalue weighted by Gasteiger charge is -2.19. The molecule has 160 valence electrons. The molecule has 0 spiro atoms. The van der Waals surface area contributed by atoms with Gasteiger partial charge in [-0.15, -0.1) is 0 Å². The van der Waals surface area contributed by atoms with Gasteiger partial charge in [0.05, 0.1) is 11.8 Å². The topological polar surface area (TPSA) is 42.4 Å². The van der Waals surface area contributed by atoms with Gasteiger partial charge in [-0.25, -0.2) is 4.39 Å². The number of amides is 1. The van der Waals surface area contributed by atoms with Crippen molar-refractivity contribution in [2.24, 2.45) is 0 Å². The van der Waals surface area contributed by atoms with Gasteiger partial charge in [-0.3, -0.25) is 9.78 Å². The van der Waals surface area contributed by atoms with Crippen LogP contribution in [-0.4, -0.2) is 22.8 Å². The van der Waals surface area contributed by atoms with Crippen molar-refractivity contribution in [2.75, 3.05) is 7.05 Å². The van der Waals surface area contributed by atoms with Gasteiger partial charge in [0.2, 0.25) is 5.91 Å². The number of likely N-dealkylation sites (N-methyl/N-ethyl adjacent to an activating group) is 1. The Hall–Kier alpha value is -3.68. The number of halogens is 4. The molecule has 0 aliphatic heterocycles. The number of pyridine rings is 1. The van der Waals surface area contributed by atoms with Crippen LogP contribution in [0.3, 0.4) is 0 Å². The van der Waals surface area contributed by atoms with Crippen molar-refractivity contribution >= 4 is 12.0 Å². The van der Waals surface area contributed by atoms with E-state index < -0.39 is 23.5 Å². The summed E-state index contributed by atoms with van der Waals surface area (Å²) in [5.74, 6) is -0.781. The smallest absolute Gasteiger partial charge is 0.416 e. The highest BCUT2D eigenvalue weighted by Gasteiger charge is 2.33. The lowest BCUT2D eigenvalue weighted by molar-refractivity contribution is -0.139. The molecule has 1 aromatic heterocycles. The van der Waals surface area contributed by atoms with E-state index in [2.05, 4.69) is 4.98 Å². The molecule has 0 N–H and O–H groups in total. The Morgan fingerprint density at radius 2 is 1.90 bits per heavy atom. The molecule has 3 aromatic rings. The third-order valence-corrected chi connectivity index (χ3v) is 4.34. The summed E-state index contributed by atoms with van der Waals surface area (Å²) < 4.78 is 59.0. The number of aromatic nitrogens is 1. The van der Waals surface area contributed by atoms with Gasteiger partial charge in [0, 0.05) is 25.9 Å². The number of hydrogen-bond donors (Lipinski definition) is 0. The summed E-state index contributed by atoms with van der Waals surface area (Å²) in [6.07, 6.45) is 1.05. The summed E-state index contributed by atoms with van der Waals surface area (Å²) in [7, 11) is 1.39. The zero-order valence-electron chi connectivity index (χ0n) is 16.4. The van der Waals surface area contributed by atoms with Crippen LogP contribution in [0.1, 0.15) is 16.7 Å². The van der Waals surface area contributed by atoms with E-state index in [1.165, 1.54) is 55.7 Å². The molecule has 0 unspecified atom stereocenters. The van der Waals surface area contributed by atoms with Crippen LogP contribution in [0.5, 0.6) is 11.5 Å². The Bertz CT molecular complexity index is 1080. The van der Waals surface area contributed by atoms with E-state index in [0.29, 0.717) is 11.3 Å². The van der Waals surface area contributed by atoms with Gasteiger partial charge in [-0.05, 0) is 47.5 Å². The minimum absolute atomic E-state index is 0.00245. The highest BCUT2D eigenvalue weighted by atomic mass is 19.4. The van der Waals surface area contributed by atoms with Crippen molar-refractivity contribution in [3.63, 3.8) is 0 Å². The maximum absolute atomic E-state index is 14.3. The van der Waals surface area contributed by atoms with Crippen LogP contribution in [0.2, 0.25) is 0 Å². The Balaban J connectivity index is 1.66. The Morgan fingerprint density at radius 1 is 1.13 bits per heavy atom. The van der Waals surface area contributed by atoms with Crippen molar-refractivity contribution in [2.45, 2.75) is 12.7 Å². The van der Waals surface area contributed by atoms with Crippen LogP contribution < -0.4 is 4.74 Å². The molecule has 2 aromatic carbocycles. The molecule has 8 heteroatoms. The number of hydrogen-bond acceptors (Lipinski definition) is 3. The molecule has 0 saturated heterocycles. The van der Waals surface area contributed by atoms with Crippen LogP contribution in [0.25, 0.3) is 6.08 Å². The van der Waals surface area contributed by atoms with Crippen molar-refractivity contribution in [1.29, 1.82) is 0 Å². The second kappa shape index (κ2) is 9.42. The number of alkyl halides is 3. The molecule has 0 atom stereocenters. The average Bonchev–Trinajstić information content (AvgIpc) is 2.74. The fraction of sp³-hybridized carbons (Fsp3) is 0.130. The third-order valence-electron chi connectivity index (χ3n) is 4.34. The van der Waals surface area contributed by atoms with E-state index in [1.54, 1.807) is 24.4 Å². The maximum atomic E-state index is 14.3. The first-order valence-electron chi connectivity index (χ1n) is 9.20. The molecule has 0 radical (unpaired) electrons. The van der Waals surface area contributed by atoms with E-state index >= 15 is 0 Å². The number of carbonyl (C=O) groups is 1. The van der Waals surface area contributed by atoms with Gasteiger partial charge < -0.3 is 9.64 Å². The normalized spacial score (nSPS) is 11.5. The van der Waals surface area contributed by atoms with Gasteiger partial charge in [0.25, 0.3) is 0 Å². The van der Waals surface area contributed by atoms with Crippen molar-refractivity contribution < 1.29 is 27.1 Å². The van der Waals surface area contributed by atoms with Crippen LogP contribution >= 0.6 is 0 Å². The average molecular weight is 430 g/mol. The van der Waals surface area contributed by atoms with E-state index in [9.17, 15) is 22.4 Å². The van der Waals surface area contributed by atoms with E-state index in [0.717, 1.165) is 11.0 Å². The predicted molar refractivity (Wildman–Crippen MR) is 108 cm³/mol. The van der Waals surface area contributed by atoms with E-state index in [-0.39, 0.29) is 17.9 Å². The molecule has 1 heterocycles. The molecule has 0 aliphatic rings. The Labute approximate surface area is 176 Å². The van der Waals surface area contributed by atoms with Crippen LogP contribution in [0.15, 0.2) is 73.1 Å². The largest absolute Gasteiger partial charge is 0.453 e. The molecule has 1 amide bonds. The second-order valence-electron chi connectivity index (χ2n) is 6.66. The van der Waals surface area contributed by atoms with Gasteiger partial charge in [-0.1, -0.05) is 24.3 Å². The van der Waals surface area contributed by atoms with E-state index in [4.69, 9.17) is 4.74 Å². The molecular weight excluding hydrogens is 412 g/mol. The van der Waals surface area contributed by atoms with Crippen molar-refractivity contribution in [3.8, 4) is 11.5 Å². The highest BCUT2D eigenvalue weighted by Crippen LogP contribution is 2.32. The molecule has 0 fully saturated rings. The second-order valence-corrected chi connectivity index (χ2v) is 6.66. The maximum Gasteiger partial charge on any atom is 0.416 e. The number of ether oxygens (including phenoxy) is 1. The zero-order valence-corrected chi connectivity index (χ0v) is 16.4. The summed E-state index contributed by atoms with van der Waals surface area (Å²) in [5, 5.41) is 0. The Morgan fingerprint density at radius 3 is 2.58 bits per heavy atom. The van der Waals surface area contributed by atoms with Gasteiger partial charge in [-0.2, -0.15) is 13.2 Å². The number of rotatable bonds is 6. The molecule has 3 rings (SSSR count). The van der Waals surface area contributed by atoms with Crippen LogP contribution in [-0.2, 0) is 17.5 Å². The number of carbonyl (C=O) groups excluding carboxylic acids is 1. The summed E-state index contributed by atoms with van der Waals surface area (Å²) in [5.41, 5.74) is -0.402. The predicted octanol–water partition coefficient (Wildman–Crippen LogP) is 5.70. The molecule has 31 heavy (non-hydrogen) atoms. The molecule has 0 bridgehead atoms. The van der Waals surface area contributed by atoms with Gasteiger partial charge in [0.15, 0.2) is 11.6 Å². The fourth-order valence-corrected chi connectivity index (χ4v) is 2.80.